The molecule has 2 aromatic rings. The number of carbonyl (C=O) groups is 1. The molecule has 0 fully saturated rings. The summed E-state index contributed by atoms with van der Waals surface area (Å²) in [6, 6.07) is 17.6. The van der Waals surface area contributed by atoms with E-state index in [4.69, 9.17) is 0 Å². The molecule has 1 aliphatic rings. The van der Waals surface area contributed by atoms with Crippen LogP contribution in [-0.4, -0.2) is 11.6 Å². The summed E-state index contributed by atoms with van der Waals surface area (Å²) in [7, 11) is 0. The van der Waals surface area contributed by atoms with Crippen LogP contribution < -0.4 is 5.01 Å². The molecule has 0 N–H and O–H groups in total. The molecule has 21 heavy (non-hydrogen) atoms. The van der Waals surface area contributed by atoms with E-state index in [2.05, 4.69) is 5.10 Å². The van der Waals surface area contributed by atoms with E-state index < -0.39 is 0 Å². The lowest BCUT2D eigenvalue weighted by Crippen LogP contribution is -2.21. The molecular weight excluding hydrogens is 260 g/mol. The lowest BCUT2D eigenvalue weighted by Gasteiger charge is -2.11. The highest BCUT2D eigenvalue weighted by molar-refractivity contribution is 6.32. The van der Waals surface area contributed by atoms with Crippen LogP contribution in [0.1, 0.15) is 18.1 Å². The number of aryl methyl sites for hydroxylation is 1. The molecule has 3 rings (SSSR count). The van der Waals surface area contributed by atoms with Gasteiger partial charge in [0.2, 0.25) is 0 Å². The number of nitrogens with zero attached hydrogens (tertiary/aromatic N) is 2. The maximum atomic E-state index is 12.5. The Labute approximate surface area is 124 Å². The zero-order valence-electron chi connectivity index (χ0n) is 12.1. The number of rotatable bonds is 2. The fraction of sp³-hybridized carbons (Fsp3) is 0.111. The van der Waals surface area contributed by atoms with Gasteiger partial charge in [0.25, 0.3) is 5.91 Å². The second-order valence-electron chi connectivity index (χ2n) is 5.11. The van der Waals surface area contributed by atoms with Gasteiger partial charge in [-0.2, -0.15) is 10.1 Å². The molecule has 2 aromatic carbocycles. The van der Waals surface area contributed by atoms with Crippen molar-refractivity contribution in [2.45, 2.75) is 13.8 Å². The molecule has 0 unspecified atom stereocenters. The van der Waals surface area contributed by atoms with Crippen molar-refractivity contribution in [3.8, 4) is 0 Å². The zero-order valence-corrected chi connectivity index (χ0v) is 12.1. The van der Waals surface area contributed by atoms with Crippen molar-refractivity contribution in [3.05, 3.63) is 71.3 Å². The average molecular weight is 276 g/mol. The van der Waals surface area contributed by atoms with Crippen LogP contribution in [0.4, 0.5) is 5.69 Å². The van der Waals surface area contributed by atoms with Crippen LogP contribution in [-0.2, 0) is 4.79 Å². The van der Waals surface area contributed by atoms with Crippen LogP contribution in [0.15, 0.2) is 65.3 Å². The average Bonchev–Trinajstić information content (AvgIpc) is 2.77. The summed E-state index contributed by atoms with van der Waals surface area (Å²) in [5.74, 6) is -0.0831. The van der Waals surface area contributed by atoms with Crippen LogP contribution in [0.5, 0.6) is 0 Å². The molecule has 0 atom stereocenters. The minimum absolute atomic E-state index is 0.0831. The Kier molecular flexibility index (Phi) is 3.40. The fourth-order valence-corrected chi connectivity index (χ4v) is 2.26. The molecule has 1 aliphatic heterocycles. The van der Waals surface area contributed by atoms with E-state index in [1.54, 1.807) is 0 Å². The summed E-state index contributed by atoms with van der Waals surface area (Å²) in [6.45, 7) is 3.88. The third-order valence-corrected chi connectivity index (χ3v) is 3.45. The van der Waals surface area contributed by atoms with Gasteiger partial charge in [-0.05, 0) is 37.6 Å². The van der Waals surface area contributed by atoms with E-state index in [0.29, 0.717) is 5.57 Å². The third-order valence-electron chi connectivity index (χ3n) is 3.45. The van der Waals surface area contributed by atoms with E-state index >= 15 is 0 Å². The van der Waals surface area contributed by atoms with Crippen molar-refractivity contribution in [1.29, 1.82) is 0 Å². The van der Waals surface area contributed by atoms with Crippen molar-refractivity contribution in [2.75, 3.05) is 5.01 Å². The van der Waals surface area contributed by atoms with Crippen LogP contribution in [0.3, 0.4) is 0 Å². The first-order valence-electron chi connectivity index (χ1n) is 6.88. The summed E-state index contributed by atoms with van der Waals surface area (Å²) < 4.78 is 0. The number of amides is 1. The lowest BCUT2D eigenvalue weighted by atomic mass is 10.1. The Morgan fingerprint density at radius 3 is 2.29 bits per heavy atom. The minimum atomic E-state index is -0.0831. The van der Waals surface area contributed by atoms with Crippen molar-refractivity contribution in [3.63, 3.8) is 0 Å². The van der Waals surface area contributed by atoms with Gasteiger partial charge in [0.15, 0.2) is 0 Å². The molecule has 3 nitrogen and oxygen atoms in total. The number of hydrogen-bond acceptors (Lipinski definition) is 2. The molecular formula is C18H16N2O. The van der Waals surface area contributed by atoms with Crippen molar-refractivity contribution < 1.29 is 4.79 Å². The molecule has 104 valence electrons. The van der Waals surface area contributed by atoms with Gasteiger partial charge in [0, 0.05) is 0 Å². The maximum absolute atomic E-state index is 12.5. The normalized spacial score (nSPS) is 16.5. The van der Waals surface area contributed by atoms with Gasteiger partial charge in [-0.25, -0.2) is 0 Å². The van der Waals surface area contributed by atoms with Gasteiger partial charge >= 0.3 is 0 Å². The molecule has 3 heteroatoms. The zero-order chi connectivity index (χ0) is 14.8. The van der Waals surface area contributed by atoms with Crippen LogP contribution in [0, 0.1) is 6.92 Å². The molecule has 1 amide bonds. The van der Waals surface area contributed by atoms with Gasteiger partial charge in [-0.3, -0.25) is 4.79 Å². The van der Waals surface area contributed by atoms with E-state index in [9.17, 15) is 4.79 Å². The van der Waals surface area contributed by atoms with E-state index in [1.807, 2.05) is 74.5 Å². The molecule has 0 saturated heterocycles. The Morgan fingerprint density at radius 2 is 1.62 bits per heavy atom. The van der Waals surface area contributed by atoms with E-state index in [1.165, 1.54) is 5.01 Å². The molecule has 0 aromatic heterocycles. The molecule has 1 heterocycles. The Bertz CT molecular complexity index is 728. The smallest absolute Gasteiger partial charge is 0.267 e. The summed E-state index contributed by atoms with van der Waals surface area (Å²) in [5, 5.41) is 5.84. The first-order chi connectivity index (χ1) is 10.1. The molecule has 0 bridgehead atoms. The number of hydrazone groups is 1. The summed E-state index contributed by atoms with van der Waals surface area (Å²) in [4.78, 5) is 12.5. The van der Waals surface area contributed by atoms with Crippen LogP contribution in [0.25, 0.3) is 6.08 Å². The summed E-state index contributed by atoms with van der Waals surface area (Å²) in [5.41, 5.74) is 4.33. The van der Waals surface area contributed by atoms with Crippen LogP contribution in [0.2, 0.25) is 0 Å². The largest absolute Gasteiger partial charge is 0.280 e. The first-order valence-corrected chi connectivity index (χ1v) is 6.88. The Hall–Kier alpha value is -2.68. The number of anilines is 1. The minimum Gasteiger partial charge on any atom is -0.267 e. The van der Waals surface area contributed by atoms with Gasteiger partial charge in [-0.1, -0.05) is 48.0 Å². The number of carbonyl (C=O) groups excluding carboxylic acids is 1. The van der Waals surface area contributed by atoms with Gasteiger partial charge in [0.05, 0.1) is 17.0 Å². The number of hydrogen-bond donors (Lipinski definition) is 0. The highest BCUT2D eigenvalue weighted by Crippen LogP contribution is 2.25. The highest BCUT2D eigenvalue weighted by atomic mass is 16.2. The molecule has 0 radical (unpaired) electrons. The highest BCUT2D eigenvalue weighted by Gasteiger charge is 2.28. The Morgan fingerprint density at radius 1 is 0.952 bits per heavy atom. The standard InChI is InChI=1S/C18H16N2O/c1-13-8-10-16(11-9-13)20-18(21)17(14(2)19-20)12-15-6-4-3-5-7-15/h3-12H,1-2H3/b17-12+. The third kappa shape index (κ3) is 2.63. The van der Waals surface area contributed by atoms with Gasteiger partial charge < -0.3 is 0 Å². The molecule has 0 aliphatic carbocycles. The van der Waals surface area contributed by atoms with Crippen LogP contribution >= 0.6 is 0 Å². The molecule has 0 spiro atoms. The monoisotopic (exact) mass is 276 g/mol. The number of benzene rings is 2. The van der Waals surface area contributed by atoms with E-state index in [0.717, 1.165) is 22.5 Å². The topological polar surface area (TPSA) is 32.7 Å². The molecule has 0 saturated carbocycles. The first kappa shape index (κ1) is 13.3. The van der Waals surface area contributed by atoms with Crippen molar-refractivity contribution in [1.82, 2.24) is 0 Å². The van der Waals surface area contributed by atoms with Gasteiger partial charge in [-0.15, -0.1) is 0 Å². The van der Waals surface area contributed by atoms with Crippen molar-refractivity contribution in [2.24, 2.45) is 5.10 Å². The SMILES string of the molecule is CC1=NN(c2ccc(C)cc2)C(=O)/C1=C/c1ccccc1. The predicted octanol–water partition coefficient (Wildman–Crippen LogP) is 3.80. The van der Waals surface area contributed by atoms with E-state index in [-0.39, 0.29) is 5.91 Å². The van der Waals surface area contributed by atoms with Crippen molar-refractivity contribution >= 4 is 23.4 Å². The second kappa shape index (κ2) is 5.37. The Balaban J connectivity index is 1.94. The summed E-state index contributed by atoms with van der Waals surface area (Å²) in [6.07, 6.45) is 1.88. The quantitative estimate of drug-likeness (QED) is 0.768. The fourth-order valence-electron chi connectivity index (χ4n) is 2.26. The predicted molar refractivity (Wildman–Crippen MR) is 86.2 cm³/mol. The second-order valence-corrected chi connectivity index (χ2v) is 5.11. The summed E-state index contributed by atoms with van der Waals surface area (Å²) >= 11 is 0. The van der Waals surface area contributed by atoms with Gasteiger partial charge in [0.1, 0.15) is 0 Å². The lowest BCUT2D eigenvalue weighted by molar-refractivity contribution is -0.114. The maximum Gasteiger partial charge on any atom is 0.280 e.